The predicted octanol–water partition coefficient (Wildman–Crippen LogP) is 1.77. The Kier molecular flexibility index (Phi) is 3.32. The molecule has 0 unspecified atom stereocenters. The van der Waals surface area contributed by atoms with E-state index >= 15 is 0 Å². The van der Waals surface area contributed by atoms with E-state index in [-0.39, 0.29) is 0 Å². The summed E-state index contributed by atoms with van der Waals surface area (Å²) < 4.78 is 4.65. The van der Waals surface area contributed by atoms with E-state index in [9.17, 15) is 0 Å². The van der Waals surface area contributed by atoms with Gasteiger partial charge in [0.2, 0.25) is 0 Å². The van der Waals surface area contributed by atoms with Crippen LogP contribution in [0.3, 0.4) is 0 Å². The van der Waals surface area contributed by atoms with Gasteiger partial charge in [0.25, 0.3) is 5.82 Å². The Morgan fingerprint density at radius 1 is 1.33 bits per heavy atom. The van der Waals surface area contributed by atoms with Crippen LogP contribution in [-0.4, -0.2) is 4.57 Å². The second kappa shape index (κ2) is 4.29. The molecule has 0 fully saturated rings. The minimum absolute atomic E-state index is 1.09. The first kappa shape index (κ1) is 9.30. The fraction of sp³-hybridized carbons (Fsp3) is 0.700. The molecule has 12 heavy (non-hydrogen) atoms. The van der Waals surface area contributed by atoms with Crippen molar-refractivity contribution in [2.75, 3.05) is 0 Å². The van der Waals surface area contributed by atoms with Crippen molar-refractivity contribution in [1.82, 2.24) is 4.57 Å². The van der Waals surface area contributed by atoms with Gasteiger partial charge in [0.05, 0.1) is 13.1 Å². The topological polar surface area (TPSA) is 8.81 Å². The fourth-order valence-electron chi connectivity index (χ4n) is 1.58. The van der Waals surface area contributed by atoms with Crippen LogP contribution in [0.1, 0.15) is 33.0 Å². The third kappa shape index (κ3) is 1.68. The smallest absolute Gasteiger partial charge is 0.235 e. The van der Waals surface area contributed by atoms with E-state index in [0.29, 0.717) is 0 Å². The molecule has 0 spiro atoms. The molecule has 0 saturated carbocycles. The van der Waals surface area contributed by atoms with Crippen molar-refractivity contribution < 1.29 is 4.57 Å². The van der Waals surface area contributed by atoms with Crippen LogP contribution >= 0.6 is 0 Å². The highest BCUT2D eigenvalue weighted by atomic mass is 15.1. The molecule has 2 nitrogen and oxygen atoms in total. The summed E-state index contributed by atoms with van der Waals surface area (Å²) >= 11 is 0. The van der Waals surface area contributed by atoms with Gasteiger partial charge in [-0.3, -0.25) is 0 Å². The van der Waals surface area contributed by atoms with E-state index in [2.05, 4.69) is 42.3 Å². The lowest BCUT2D eigenvalue weighted by atomic mass is 10.3. The van der Waals surface area contributed by atoms with Gasteiger partial charge in [0.1, 0.15) is 12.4 Å². The SMILES string of the molecule is CCCc1n(CC)cc[n+]1CC. The molecule has 0 saturated heterocycles. The van der Waals surface area contributed by atoms with Crippen molar-refractivity contribution in [3.63, 3.8) is 0 Å². The molecule has 2 heteroatoms. The standard InChI is InChI=1S/C10H19N2/c1-4-7-10-11(5-2)8-9-12(10)6-3/h8-9H,4-7H2,1-3H3/q+1. The van der Waals surface area contributed by atoms with E-state index in [1.54, 1.807) is 0 Å². The average Bonchev–Trinajstić information content (AvgIpc) is 2.48. The number of nitrogens with zero attached hydrogens (tertiary/aromatic N) is 2. The van der Waals surface area contributed by atoms with Crippen molar-refractivity contribution in [3.8, 4) is 0 Å². The largest absolute Gasteiger partial charge is 0.256 e. The highest BCUT2D eigenvalue weighted by Gasteiger charge is 2.12. The van der Waals surface area contributed by atoms with Crippen LogP contribution in [0, 0.1) is 0 Å². The summed E-state index contributed by atoms with van der Waals surface area (Å²) in [5.41, 5.74) is 0. The second-order valence-electron chi connectivity index (χ2n) is 3.04. The summed E-state index contributed by atoms with van der Waals surface area (Å²) in [7, 11) is 0. The van der Waals surface area contributed by atoms with Crippen LogP contribution in [-0.2, 0) is 19.5 Å². The molecule has 0 aromatic carbocycles. The number of aromatic nitrogens is 2. The van der Waals surface area contributed by atoms with Gasteiger partial charge in [-0.15, -0.1) is 0 Å². The van der Waals surface area contributed by atoms with E-state index in [0.717, 1.165) is 13.1 Å². The highest BCUT2D eigenvalue weighted by Crippen LogP contribution is 1.99. The quantitative estimate of drug-likeness (QED) is 0.604. The van der Waals surface area contributed by atoms with E-state index in [1.165, 1.54) is 18.7 Å². The van der Waals surface area contributed by atoms with Crippen molar-refractivity contribution in [1.29, 1.82) is 0 Å². The van der Waals surface area contributed by atoms with E-state index < -0.39 is 0 Å². The molecule has 0 aliphatic carbocycles. The van der Waals surface area contributed by atoms with Gasteiger partial charge in [0, 0.05) is 6.42 Å². The second-order valence-corrected chi connectivity index (χ2v) is 3.04. The summed E-state index contributed by atoms with van der Waals surface area (Å²) in [5.74, 6) is 1.46. The lowest BCUT2D eigenvalue weighted by Gasteiger charge is -1.99. The first-order valence-electron chi connectivity index (χ1n) is 4.90. The Bertz CT molecular complexity index is 216. The van der Waals surface area contributed by atoms with Crippen LogP contribution < -0.4 is 4.57 Å². The monoisotopic (exact) mass is 167 g/mol. The Hall–Kier alpha value is -0.790. The normalized spacial score (nSPS) is 10.6. The molecule has 0 N–H and O–H groups in total. The van der Waals surface area contributed by atoms with Gasteiger partial charge < -0.3 is 0 Å². The molecule has 0 radical (unpaired) electrons. The summed E-state index contributed by atoms with van der Waals surface area (Å²) in [5, 5.41) is 0. The molecule has 0 amide bonds. The lowest BCUT2D eigenvalue weighted by molar-refractivity contribution is -0.700. The van der Waals surface area contributed by atoms with Gasteiger partial charge >= 0.3 is 0 Å². The molecule has 0 aliphatic heterocycles. The third-order valence-electron chi connectivity index (χ3n) is 2.24. The van der Waals surface area contributed by atoms with Crippen LogP contribution in [0.2, 0.25) is 0 Å². The first-order chi connectivity index (χ1) is 5.83. The Morgan fingerprint density at radius 3 is 2.58 bits per heavy atom. The molecule has 1 heterocycles. The van der Waals surface area contributed by atoms with E-state index in [1.807, 2.05) is 0 Å². The van der Waals surface area contributed by atoms with Gasteiger partial charge in [0.15, 0.2) is 0 Å². The lowest BCUT2D eigenvalue weighted by Crippen LogP contribution is -2.35. The molecule has 68 valence electrons. The van der Waals surface area contributed by atoms with Crippen molar-refractivity contribution in [3.05, 3.63) is 18.2 Å². The van der Waals surface area contributed by atoms with Gasteiger partial charge in [-0.25, -0.2) is 9.13 Å². The Morgan fingerprint density at radius 2 is 2.08 bits per heavy atom. The average molecular weight is 167 g/mol. The van der Waals surface area contributed by atoms with Gasteiger partial charge in [-0.05, 0) is 20.3 Å². The zero-order chi connectivity index (χ0) is 8.97. The van der Waals surface area contributed by atoms with Crippen molar-refractivity contribution in [2.45, 2.75) is 46.7 Å². The minimum Gasteiger partial charge on any atom is -0.235 e. The van der Waals surface area contributed by atoms with Gasteiger partial charge in [-0.1, -0.05) is 6.92 Å². The molecule has 1 aromatic heterocycles. The van der Waals surface area contributed by atoms with Crippen LogP contribution in [0.5, 0.6) is 0 Å². The molecular formula is C10H19N2+. The summed E-state index contributed by atoms with van der Waals surface area (Å²) in [6, 6.07) is 0. The predicted molar refractivity (Wildman–Crippen MR) is 50.0 cm³/mol. The number of imidazole rings is 1. The summed E-state index contributed by atoms with van der Waals surface area (Å²) in [6.45, 7) is 8.79. The molecule has 0 atom stereocenters. The molecular weight excluding hydrogens is 148 g/mol. The van der Waals surface area contributed by atoms with Crippen molar-refractivity contribution >= 4 is 0 Å². The summed E-state index contributed by atoms with van der Waals surface area (Å²) in [4.78, 5) is 0. The maximum atomic E-state index is 2.33. The van der Waals surface area contributed by atoms with Crippen LogP contribution in [0.15, 0.2) is 12.4 Å². The first-order valence-corrected chi connectivity index (χ1v) is 4.90. The fourth-order valence-corrected chi connectivity index (χ4v) is 1.58. The zero-order valence-electron chi connectivity index (χ0n) is 8.38. The number of rotatable bonds is 4. The molecule has 0 aliphatic rings. The molecule has 1 rings (SSSR count). The minimum atomic E-state index is 1.09. The van der Waals surface area contributed by atoms with E-state index in [4.69, 9.17) is 0 Å². The Balaban J connectivity index is 2.90. The maximum absolute atomic E-state index is 2.33. The van der Waals surface area contributed by atoms with Crippen LogP contribution in [0.25, 0.3) is 0 Å². The van der Waals surface area contributed by atoms with Crippen molar-refractivity contribution in [2.24, 2.45) is 0 Å². The number of aryl methyl sites for hydroxylation is 2. The molecule has 1 aromatic rings. The Labute approximate surface area is 74.8 Å². The maximum Gasteiger partial charge on any atom is 0.256 e. The zero-order valence-corrected chi connectivity index (χ0v) is 8.38. The third-order valence-corrected chi connectivity index (χ3v) is 2.24. The molecule has 0 bridgehead atoms. The van der Waals surface area contributed by atoms with Crippen LogP contribution in [0.4, 0.5) is 0 Å². The number of hydrogen-bond donors (Lipinski definition) is 0. The summed E-state index contributed by atoms with van der Waals surface area (Å²) in [6.07, 6.45) is 6.77. The van der Waals surface area contributed by atoms with Gasteiger partial charge in [-0.2, -0.15) is 0 Å². The number of hydrogen-bond acceptors (Lipinski definition) is 0. The highest BCUT2D eigenvalue weighted by molar-refractivity contribution is 4.83.